The van der Waals surface area contributed by atoms with E-state index in [1.807, 2.05) is 20.8 Å². The first-order valence-electron chi connectivity index (χ1n) is 6.82. The molecule has 0 aromatic heterocycles. The molecule has 104 valence electrons. The number of nitrogens with two attached hydrogens (primary N) is 2. The number of amides is 1. The van der Waals surface area contributed by atoms with Crippen molar-refractivity contribution < 1.29 is 9.59 Å². The molecule has 0 bridgehead atoms. The fraction of sp³-hybridized carbons (Fsp3) is 0.857. The van der Waals surface area contributed by atoms with Crippen molar-refractivity contribution in [2.24, 2.45) is 28.7 Å². The molecule has 4 nitrogen and oxygen atoms in total. The molecule has 0 aliphatic heterocycles. The number of primary amides is 1. The van der Waals surface area contributed by atoms with Gasteiger partial charge in [-0.05, 0) is 31.1 Å². The highest BCUT2D eigenvalue weighted by Crippen LogP contribution is 2.30. The van der Waals surface area contributed by atoms with E-state index in [0.29, 0.717) is 0 Å². The van der Waals surface area contributed by atoms with Gasteiger partial charge in [-0.25, -0.2) is 0 Å². The molecular formula is C14H26N2O2. The van der Waals surface area contributed by atoms with Gasteiger partial charge in [0.2, 0.25) is 5.91 Å². The molecule has 0 radical (unpaired) electrons. The Balaban J connectivity index is 2.63. The molecule has 0 heterocycles. The Hall–Kier alpha value is -0.900. The van der Waals surface area contributed by atoms with Crippen molar-refractivity contribution in [3.8, 4) is 0 Å². The highest BCUT2D eigenvalue weighted by atomic mass is 16.1. The summed E-state index contributed by atoms with van der Waals surface area (Å²) in [5.74, 6) is -0.145. The maximum absolute atomic E-state index is 12.3. The molecule has 0 spiro atoms. The number of Topliss-reactive ketones (excluding diaryl/α,β-unsaturated/α-hetero) is 1. The average molecular weight is 254 g/mol. The lowest BCUT2D eigenvalue weighted by atomic mass is 9.79. The van der Waals surface area contributed by atoms with Crippen LogP contribution in [-0.2, 0) is 9.59 Å². The Kier molecular flexibility index (Phi) is 4.91. The van der Waals surface area contributed by atoms with Crippen LogP contribution in [0.5, 0.6) is 0 Å². The highest BCUT2D eigenvalue weighted by molar-refractivity contribution is 5.87. The van der Waals surface area contributed by atoms with Crippen molar-refractivity contribution in [3.05, 3.63) is 0 Å². The molecule has 1 saturated carbocycles. The van der Waals surface area contributed by atoms with E-state index in [4.69, 9.17) is 11.5 Å². The zero-order valence-corrected chi connectivity index (χ0v) is 11.7. The minimum absolute atomic E-state index is 0.00331. The summed E-state index contributed by atoms with van der Waals surface area (Å²) in [5.41, 5.74) is 11.2. The Bertz CT molecular complexity index is 320. The largest absolute Gasteiger partial charge is 0.369 e. The molecule has 1 fully saturated rings. The first-order valence-corrected chi connectivity index (χ1v) is 6.82. The fourth-order valence-corrected chi connectivity index (χ4v) is 2.55. The number of hydrogen-bond acceptors (Lipinski definition) is 3. The van der Waals surface area contributed by atoms with E-state index in [1.165, 1.54) is 0 Å². The third kappa shape index (κ3) is 3.80. The maximum Gasteiger partial charge on any atom is 0.220 e. The zero-order chi connectivity index (χ0) is 13.9. The van der Waals surface area contributed by atoms with Crippen LogP contribution in [0, 0.1) is 17.3 Å². The SMILES string of the molecule is CC(C)(C)[C@H](N)C(=O)C1CCC[C@@H](C(N)=O)CC1. The van der Waals surface area contributed by atoms with Gasteiger partial charge in [-0.15, -0.1) is 0 Å². The van der Waals surface area contributed by atoms with E-state index >= 15 is 0 Å². The molecule has 1 unspecified atom stereocenters. The second-order valence-electron chi connectivity index (χ2n) is 6.55. The first kappa shape index (κ1) is 15.2. The average Bonchev–Trinajstić information content (AvgIpc) is 2.51. The molecule has 0 aromatic rings. The van der Waals surface area contributed by atoms with Crippen LogP contribution in [0.15, 0.2) is 0 Å². The van der Waals surface area contributed by atoms with Gasteiger partial charge in [-0.3, -0.25) is 9.59 Å². The standard InChI is InChI=1S/C14H26N2O2/c1-14(2,3)12(15)11(17)9-5-4-6-10(8-7-9)13(16)18/h9-10,12H,4-8,15H2,1-3H3,(H2,16,18)/t9?,10-,12-/m1/s1. The van der Waals surface area contributed by atoms with Crippen LogP contribution in [-0.4, -0.2) is 17.7 Å². The van der Waals surface area contributed by atoms with Gasteiger partial charge in [-0.1, -0.05) is 27.2 Å². The lowest BCUT2D eigenvalue weighted by Gasteiger charge is -2.28. The van der Waals surface area contributed by atoms with E-state index < -0.39 is 6.04 Å². The zero-order valence-electron chi connectivity index (χ0n) is 11.7. The van der Waals surface area contributed by atoms with Gasteiger partial charge in [0.25, 0.3) is 0 Å². The summed E-state index contributed by atoms with van der Waals surface area (Å²) >= 11 is 0. The fourth-order valence-electron chi connectivity index (χ4n) is 2.55. The molecule has 1 aliphatic rings. The maximum atomic E-state index is 12.3. The molecule has 0 saturated heterocycles. The third-order valence-electron chi connectivity index (χ3n) is 4.01. The normalized spacial score (nSPS) is 27.3. The quantitative estimate of drug-likeness (QED) is 0.750. The summed E-state index contributed by atoms with van der Waals surface area (Å²) < 4.78 is 0. The molecule has 1 amide bonds. The summed E-state index contributed by atoms with van der Waals surface area (Å²) in [6.07, 6.45) is 4.01. The van der Waals surface area contributed by atoms with Crippen LogP contribution in [0.4, 0.5) is 0 Å². The summed E-state index contributed by atoms with van der Waals surface area (Å²) in [4.78, 5) is 23.5. The summed E-state index contributed by atoms with van der Waals surface area (Å²) in [6.45, 7) is 5.95. The van der Waals surface area contributed by atoms with E-state index in [9.17, 15) is 9.59 Å². The Morgan fingerprint density at radius 2 is 1.56 bits per heavy atom. The Morgan fingerprint density at radius 3 is 2.06 bits per heavy atom. The predicted molar refractivity (Wildman–Crippen MR) is 71.7 cm³/mol. The van der Waals surface area contributed by atoms with Gasteiger partial charge in [0.15, 0.2) is 5.78 Å². The molecule has 18 heavy (non-hydrogen) atoms. The molecular weight excluding hydrogens is 228 g/mol. The van der Waals surface area contributed by atoms with Crippen molar-refractivity contribution >= 4 is 11.7 Å². The second-order valence-corrected chi connectivity index (χ2v) is 6.55. The van der Waals surface area contributed by atoms with E-state index in [-0.39, 0.29) is 28.9 Å². The topological polar surface area (TPSA) is 86.2 Å². The minimum atomic E-state index is -0.423. The molecule has 3 atom stereocenters. The summed E-state index contributed by atoms with van der Waals surface area (Å²) in [7, 11) is 0. The highest BCUT2D eigenvalue weighted by Gasteiger charge is 2.34. The molecule has 1 rings (SSSR count). The minimum Gasteiger partial charge on any atom is -0.369 e. The van der Waals surface area contributed by atoms with Gasteiger partial charge in [0.1, 0.15) is 0 Å². The van der Waals surface area contributed by atoms with Crippen molar-refractivity contribution in [1.29, 1.82) is 0 Å². The van der Waals surface area contributed by atoms with Crippen LogP contribution in [0.2, 0.25) is 0 Å². The van der Waals surface area contributed by atoms with Crippen molar-refractivity contribution in [3.63, 3.8) is 0 Å². The van der Waals surface area contributed by atoms with Crippen LogP contribution in [0.25, 0.3) is 0 Å². The van der Waals surface area contributed by atoms with E-state index in [1.54, 1.807) is 0 Å². The lowest BCUT2D eigenvalue weighted by molar-refractivity contribution is -0.127. The lowest BCUT2D eigenvalue weighted by Crippen LogP contribution is -2.45. The molecule has 1 aliphatic carbocycles. The number of ketones is 1. The molecule has 0 aromatic carbocycles. The monoisotopic (exact) mass is 254 g/mol. The molecule has 4 N–H and O–H groups in total. The number of carbonyl (C=O) groups is 2. The Labute approximate surface area is 109 Å². The number of carbonyl (C=O) groups excluding carboxylic acids is 2. The predicted octanol–water partition coefficient (Wildman–Crippen LogP) is 1.61. The van der Waals surface area contributed by atoms with Crippen molar-refractivity contribution in [2.45, 2.75) is 58.9 Å². The smallest absolute Gasteiger partial charge is 0.220 e. The molecule has 4 heteroatoms. The van der Waals surface area contributed by atoms with Crippen LogP contribution < -0.4 is 11.5 Å². The summed E-state index contributed by atoms with van der Waals surface area (Å²) in [6, 6.07) is -0.423. The Morgan fingerprint density at radius 1 is 1.06 bits per heavy atom. The number of hydrogen-bond donors (Lipinski definition) is 2. The van der Waals surface area contributed by atoms with Crippen LogP contribution in [0.3, 0.4) is 0 Å². The van der Waals surface area contributed by atoms with Gasteiger partial charge >= 0.3 is 0 Å². The first-order chi connectivity index (χ1) is 8.23. The number of rotatable bonds is 3. The van der Waals surface area contributed by atoms with Crippen molar-refractivity contribution in [2.75, 3.05) is 0 Å². The van der Waals surface area contributed by atoms with Gasteiger partial charge in [0, 0.05) is 11.8 Å². The van der Waals surface area contributed by atoms with Gasteiger partial charge in [-0.2, -0.15) is 0 Å². The third-order valence-corrected chi connectivity index (χ3v) is 4.01. The van der Waals surface area contributed by atoms with Gasteiger partial charge < -0.3 is 11.5 Å². The van der Waals surface area contributed by atoms with Gasteiger partial charge in [0.05, 0.1) is 6.04 Å². The van der Waals surface area contributed by atoms with E-state index in [2.05, 4.69) is 0 Å². The second kappa shape index (κ2) is 5.83. The van der Waals surface area contributed by atoms with Crippen LogP contribution >= 0.6 is 0 Å². The van der Waals surface area contributed by atoms with E-state index in [0.717, 1.165) is 32.1 Å². The van der Waals surface area contributed by atoms with Crippen molar-refractivity contribution in [1.82, 2.24) is 0 Å². The summed E-state index contributed by atoms with van der Waals surface area (Å²) in [5, 5.41) is 0. The van der Waals surface area contributed by atoms with Crippen LogP contribution in [0.1, 0.15) is 52.9 Å².